The highest BCUT2D eigenvalue weighted by atomic mass is 79.9. The van der Waals surface area contributed by atoms with Crippen LogP contribution in [0.4, 0.5) is 0 Å². The number of hydrogen-bond donors (Lipinski definition) is 2. The van der Waals surface area contributed by atoms with Gasteiger partial charge in [0.15, 0.2) is 0 Å². The molecule has 0 fully saturated rings. The SMILES string of the molecule is O=C(NCC(O)c1cccc(Cl)c1)c1cc(Br)c(Br)s1. The van der Waals surface area contributed by atoms with Crippen LogP contribution in [0.25, 0.3) is 0 Å². The van der Waals surface area contributed by atoms with E-state index in [4.69, 9.17) is 11.6 Å². The molecule has 1 heterocycles. The zero-order valence-electron chi connectivity index (χ0n) is 10.1. The molecule has 7 heteroatoms. The molecule has 2 aromatic rings. The number of aliphatic hydroxyl groups excluding tert-OH is 1. The van der Waals surface area contributed by atoms with Gasteiger partial charge in [-0.1, -0.05) is 23.7 Å². The molecule has 1 atom stereocenters. The summed E-state index contributed by atoms with van der Waals surface area (Å²) in [5.74, 6) is -0.220. The number of hydrogen-bond acceptors (Lipinski definition) is 3. The molecule has 1 unspecified atom stereocenters. The largest absolute Gasteiger partial charge is 0.387 e. The van der Waals surface area contributed by atoms with Crippen molar-refractivity contribution in [1.29, 1.82) is 0 Å². The van der Waals surface area contributed by atoms with Gasteiger partial charge >= 0.3 is 0 Å². The molecule has 20 heavy (non-hydrogen) atoms. The molecule has 0 radical (unpaired) electrons. The van der Waals surface area contributed by atoms with E-state index in [-0.39, 0.29) is 12.5 Å². The highest BCUT2D eigenvalue weighted by Crippen LogP contribution is 2.32. The predicted octanol–water partition coefficient (Wildman–Crippen LogP) is 4.39. The second-order valence-electron chi connectivity index (χ2n) is 4.01. The van der Waals surface area contributed by atoms with E-state index in [9.17, 15) is 9.90 Å². The van der Waals surface area contributed by atoms with Crippen molar-refractivity contribution in [2.24, 2.45) is 0 Å². The molecule has 1 aromatic heterocycles. The lowest BCUT2D eigenvalue weighted by Gasteiger charge is -2.12. The van der Waals surface area contributed by atoms with E-state index < -0.39 is 6.10 Å². The second kappa shape index (κ2) is 7.04. The molecule has 2 N–H and O–H groups in total. The molecule has 3 nitrogen and oxygen atoms in total. The van der Waals surface area contributed by atoms with Crippen molar-refractivity contribution in [3.63, 3.8) is 0 Å². The minimum Gasteiger partial charge on any atom is -0.387 e. The maximum atomic E-state index is 11.9. The Labute approximate surface area is 142 Å². The third kappa shape index (κ3) is 4.05. The van der Waals surface area contributed by atoms with Gasteiger partial charge in [0.1, 0.15) is 0 Å². The second-order valence-corrected chi connectivity index (χ2v) is 7.67. The minimum absolute atomic E-state index is 0.131. The van der Waals surface area contributed by atoms with E-state index in [0.717, 1.165) is 8.26 Å². The highest BCUT2D eigenvalue weighted by molar-refractivity contribution is 9.13. The number of carbonyl (C=O) groups is 1. The van der Waals surface area contributed by atoms with Gasteiger partial charge in [-0.25, -0.2) is 0 Å². The van der Waals surface area contributed by atoms with E-state index in [1.165, 1.54) is 11.3 Å². The lowest BCUT2D eigenvalue weighted by Crippen LogP contribution is -2.27. The van der Waals surface area contributed by atoms with E-state index in [0.29, 0.717) is 15.5 Å². The Kier molecular flexibility index (Phi) is 5.63. The standard InChI is InChI=1S/C13H10Br2ClNO2S/c14-9-5-11(20-12(9)15)13(19)17-6-10(18)7-2-1-3-8(16)4-7/h1-5,10,18H,6H2,(H,17,19). The van der Waals surface area contributed by atoms with Gasteiger partial charge in [-0.15, -0.1) is 11.3 Å². The predicted molar refractivity (Wildman–Crippen MR) is 88.5 cm³/mol. The van der Waals surface area contributed by atoms with Crippen LogP contribution in [0.5, 0.6) is 0 Å². The van der Waals surface area contributed by atoms with Crippen LogP contribution in [0.3, 0.4) is 0 Å². The van der Waals surface area contributed by atoms with Crippen molar-refractivity contribution in [3.8, 4) is 0 Å². The first kappa shape index (κ1) is 16.0. The monoisotopic (exact) mass is 437 g/mol. The summed E-state index contributed by atoms with van der Waals surface area (Å²) in [7, 11) is 0. The summed E-state index contributed by atoms with van der Waals surface area (Å²) in [6.45, 7) is 0.131. The Morgan fingerprint density at radius 2 is 2.15 bits per heavy atom. The molecule has 0 saturated carbocycles. The zero-order chi connectivity index (χ0) is 14.7. The quantitative estimate of drug-likeness (QED) is 0.742. The minimum atomic E-state index is -0.788. The van der Waals surface area contributed by atoms with Crippen LogP contribution in [0.15, 0.2) is 38.6 Å². The third-order valence-electron chi connectivity index (χ3n) is 2.56. The van der Waals surface area contributed by atoms with Crippen molar-refractivity contribution in [3.05, 3.63) is 54.1 Å². The molecule has 106 valence electrons. The van der Waals surface area contributed by atoms with E-state index >= 15 is 0 Å². The molecule has 2 rings (SSSR count). The molecular weight excluding hydrogens is 429 g/mol. The molecule has 1 aromatic carbocycles. The molecular formula is C13H10Br2ClNO2S. The van der Waals surface area contributed by atoms with Crippen molar-refractivity contribution >= 4 is 60.7 Å². The molecule has 0 spiro atoms. The number of thiophene rings is 1. The van der Waals surface area contributed by atoms with Gasteiger partial charge in [-0.05, 0) is 55.6 Å². The first-order valence-corrected chi connectivity index (χ1v) is 8.42. The average Bonchev–Trinajstić information content (AvgIpc) is 2.76. The van der Waals surface area contributed by atoms with Gasteiger partial charge in [0.05, 0.1) is 14.8 Å². The van der Waals surface area contributed by atoms with Crippen LogP contribution in [-0.4, -0.2) is 17.6 Å². The van der Waals surface area contributed by atoms with Gasteiger partial charge < -0.3 is 10.4 Å². The fourth-order valence-corrected chi connectivity index (χ4v) is 3.72. The fraction of sp³-hybridized carbons (Fsp3) is 0.154. The van der Waals surface area contributed by atoms with Gasteiger partial charge in [-0.2, -0.15) is 0 Å². The number of rotatable bonds is 4. The van der Waals surface area contributed by atoms with E-state index in [2.05, 4.69) is 37.2 Å². The summed E-state index contributed by atoms with van der Waals surface area (Å²) >= 11 is 13.9. The number of carbonyl (C=O) groups excluding carboxylic acids is 1. The van der Waals surface area contributed by atoms with Crippen molar-refractivity contribution in [2.75, 3.05) is 6.54 Å². The Hall–Kier alpha value is -0.400. The van der Waals surface area contributed by atoms with Gasteiger partial charge in [0.25, 0.3) is 5.91 Å². The molecule has 0 aliphatic carbocycles. The van der Waals surface area contributed by atoms with Crippen molar-refractivity contribution in [2.45, 2.75) is 6.10 Å². The maximum absolute atomic E-state index is 11.9. The van der Waals surface area contributed by atoms with Crippen molar-refractivity contribution < 1.29 is 9.90 Å². The van der Waals surface area contributed by atoms with Gasteiger partial charge in [-0.3, -0.25) is 4.79 Å². The smallest absolute Gasteiger partial charge is 0.261 e. The number of halogens is 3. The van der Waals surface area contributed by atoms with Crippen LogP contribution >= 0.6 is 54.8 Å². The Bertz CT molecular complexity index is 613. The Morgan fingerprint density at radius 1 is 1.40 bits per heavy atom. The highest BCUT2D eigenvalue weighted by Gasteiger charge is 2.14. The van der Waals surface area contributed by atoms with Crippen LogP contribution in [0.2, 0.25) is 5.02 Å². The average molecular weight is 440 g/mol. The van der Waals surface area contributed by atoms with E-state index in [1.54, 1.807) is 30.3 Å². The third-order valence-corrected chi connectivity index (χ3v) is 6.05. The topological polar surface area (TPSA) is 49.3 Å². The number of aliphatic hydroxyl groups is 1. The van der Waals surface area contributed by atoms with Gasteiger partial charge in [0.2, 0.25) is 0 Å². The summed E-state index contributed by atoms with van der Waals surface area (Å²) in [5, 5.41) is 13.3. The van der Waals surface area contributed by atoms with Crippen LogP contribution in [-0.2, 0) is 0 Å². The summed E-state index contributed by atoms with van der Waals surface area (Å²) in [5.41, 5.74) is 0.673. The van der Waals surface area contributed by atoms with Crippen molar-refractivity contribution in [1.82, 2.24) is 5.32 Å². The van der Waals surface area contributed by atoms with E-state index in [1.807, 2.05) is 0 Å². The summed E-state index contributed by atoms with van der Waals surface area (Å²) in [4.78, 5) is 12.5. The Balaban J connectivity index is 1.96. The Morgan fingerprint density at radius 3 is 2.75 bits per heavy atom. The van der Waals surface area contributed by atoms with Crippen LogP contribution < -0.4 is 5.32 Å². The number of benzene rings is 1. The molecule has 0 bridgehead atoms. The van der Waals surface area contributed by atoms with Crippen LogP contribution in [0.1, 0.15) is 21.3 Å². The fourth-order valence-electron chi connectivity index (χ4n) is 1.57. The first-order valence-electron chi connectivity index (χ1n) is 5.64. The molecule has 0 saturated heterocycles. The lowest BCUT2D eigenvalue weighted by molar-refractivity contribution is 0.0920. The maximum Gasteiger partial charge on any atom is 0.261 e. The molecule has 0 aliphatic rings. The molecule has 1 amide bonds. The molecule has 0 aliphatic heterocycles. The number of nitrogens with one attached hydrogen (secondary N) is 1. The normalized spacial score (nSPS) is 12.2. The number of amides is 1. The first-order chi connectivity index (χ1) is 9.47. The lowest BCUT2D eigenvalue weighted by atomic mass is 10.1. The van der Waals surface area contributed by atoms with Gasteiger partial charge in [0, 0.05) is 16.0 Å². The van der Waals surface area contributed by atoms with Crippen LogP contribution in [0, 0.1) is 0 Å². The summed E-state index contributed by atoms with van der Waals surface area (Å²) in [6.07, 6.45) is -0.788. The zero-order valence-corrected chi connectivity index (χ0v) is 14.8. The summed E-state index contributed by atoms with van der Waals surface area (Å²) < 4.78 is 1.70. The summed E-state index contributed by atoms with van der Waals surface area (Å²) in [6, 6.07) is 8.67.